The molecule has 6 nitrogen and oxygen atoms in total. The Morgan fingerprint density at radius 2 is 1.91 bits per heavy atom. The van der Waals surface area contributed by atoms with E-state index < -0.39 is 0 Å². The molecule has 1 atom stereocenters. The minimum absolute atomic E-state index is 0.0613. The SMILES string of the molecule is Cc1cc(C(=O)N2CCC3(CC2)CC(N(Cc2ccc(F)cc2)C2CC2)CCO3)n(C)n1. The normalized spacial score (nSPS) is 23.1. The highest BCUT2D eigenvalue weighted by atomic mass is 19.1. The summed E-state index contributed by atoms with van der Waals surface area (Å²) in [5, 5.41) is 4.32. The maximum Gasteiger partial charge on any atom is 0.272 e. The van der Waals surface area contributed by atoms with Gasteiger partial charge >= 0.3 is 0 Å². The highest BCUT2D eigenvalue weighted by Crippen LogP contribution is 2.40. The number of hydrogen-bond acceptors (Lipinski definition) is 4. The number of aromatic nitrogens is 2. The topological polar surface area (TPSA) is 50.6 Å². The summed E-state index contributed by atoms with van der Waals surface area (Å²) in [6, 6.07) is 9.90. The first-order valence-electron chi connectivity index (χ1n) is 11.9. The molecule has 1 aromatic carbocycles. The second kappa shape index (κ2) is 8.60. The van der Waals surface area contributed by atoms with Gasteiger partial charge in [-0.1, -0.05) is 12.1 Å². The smallest absolute Gasteiger partial charge is 0.272 e. The van der Waals surface area contributed by atoms with Crippen molar-refractivity contribution in [2.45, 2.75) is 69.7 Å². The molecule has 2 saturated heterocycles. The van der Waals surface area contributed by atoms with Crippen LogP contribution in [0.25, 0.3) is 0 Å². The lowest BCUT2D eigenvalue weighted by Gasteiger charge is -2.48. The molecule has 0 N–H and O–H groups in total. The average Bonchev–Trinajstić information content (AvgIpc) is 3.57. The lowest BCUT2D eigenvalue weighted by molar-refractivity contribution is -0.131. The third-order valence-corrected chi connectivity index (χ3v) is 7.41. The minimum atomic E-state index is -0.181. The minimum Gasteiger partial charge on any atom is -0.375 e. The first-order chi connectivity index (χ1) is 15.4. The molecule has 1 aromatic heterocycles. The second-order valence-corrected chi connectivity index (χ2v) is 9.79. The molecule has 3 aliphatic rings. The highest BCUT2D eigenvalue weighted by molar-refractivity contribution is 5.92. The van der Waals surface area contributed by atoms with Gasteiger partial charge in [0.05, 0.1) is 11.3 Å². The Balaban J connectivity index is 1.24. The lowest BCUT2D eigenvalue weighted by Crippen LogP contribution is -2.54. The van der Waals surface area contributed by atoms with Crippen molar-refractivity contribution in [3.05, 3.63) is 53.1 Å². The molecule has 1 unspecified atom stereocenters. The van der Waals surface area contributed by atoms with Crippen molar-refractivity contribution in [1.29, 1.82) is 0 Å². The molecule has 0 radical (unpaired) electrons. The number of hydrogen-bond donors (Lipinski definition) is 0. The summed E-state index contributed by atoms with van der Waals surface area (Å²) in [7, 11) is 1.83. The van der Waals surface area contributed by atoms with Crippen LogP contribution < -0.4 is 0 Å². The predicted molar refractivity (Wildman–Crippen MR) is 120 cm³/mol. The maximum absolute atomic E-state index is 13.3. The number of likely N-dealkylation sites (tertiary alicyclic amines) is 1. The van der Waals surface area contributed by atoms with Crippen LogP contribution in [0.1, 0.15) is 60.3 Å². The number of carbonyl (C=O) groups excluding carboxylic acids is 1. The van der Waals surface area contributed by atoms with Gasteiger partial charge in [0.1, 0.15) is 11.5 Å². The van der Waals surface area contributed by atoms with Crippen LogP contribution in [0, 0.1) is 12.7 Å². The van der Waals surface area contributed by atoms with Gasteiger partial charge in [-0.15, -0.1) is 0 Å². The monoisotopic (exact) mass is 440 g/mol. The number of rotatable bonds is 5. The van der Waals surface area contributed by atoms with E-state index in [1.54, 1.807) is 16.8 Å². The van der Waals surface area contributed by atoms with Crippen molar-refractivity contribution in [3.63, 3.8) is 0 Å². The van der Waals surface area contributed by atoms with Gasteiger partial charge < -0.3 is 9.64 Å². The zero-order valence-electron chi connectivity index (χ0n) is 19.1. The third-order valence-electron chi connectivity index (χ3n) is 7.41. The second-order valence-electron chi connectivity index (χ2n) is 9.79. The van der Waals surface area contributed by atoms with E-state index in [1.165, 1.54) is 18.4 Å². The number of aryl methyl sites for hydroxylation is 2. The molecule has 2 aliphatic heterocycles. The highest BCUT2D eigenvalue weighted by Gasteiger charge is 2.45. The van der Waals surface area contributed by atoms with Crippen molar-refractivity contribution in [2.75, 3.05) is 19.7 Å². The van der Waals surface area contributed by atoms with E-state index in [9.17, 15) is 9.18 Å². The van der Waals surface area contributed by atoms with Crippen LogP contribution in [0.2, 0.25) is 0 Å². The molecule has 5 rings (SSSR count). The van der Waals surface area contributed by atoms with Crippen LogP contribution in [-0.2, 0) is 18.3 Å². The fourth-order valence-corrected chi connectivity index (χ4v) is 5.49. The van der Waals surface area contributed by atoms with E-state index in [-0.39, 0.29) is 17.3 Å². The van der Waals surface area contributed by atoms with Crippen molar-refractivity contribution >= 4 is 5.91 Å². The number of nitrogens with zero attached hydrogens (tertiary/aromatic N) is 4. The van der Waals surface area contributed by atoms with E-state index in [2.05, 4.69) is 10.00 Å². The third kappa shape index (κ3) is 4.46. The first kappa shape index (κ1) is 21.6. The van der Waals surface area contributed by atoms with Gasteiger partial charge in [0.15, 0.2) is 0 Å². The van der Waals surface area contributed by atoms with E-state index in [1.807, 2.05) is 37.1 Å². The predicted octanol–water partition coefficient (Wildman–Crippen LogP) is 3.69. The number of benzene rings is 1. The lowest BCUT2D eigenvalue weighted by atomic mass is 9.81. The molecule has 32 heavy (non-hydrogen) atoms. The number of piperidine rings is 1. The summed E-state index contributed by atoms with van der Waals surface area (Å²) >= 11 is 0. The summed E-state index contributed by atoms with van der Waals surface area (Å²) in [6.45, 7) is 4.99. The van der Waals surface area contributed by atoms with Gasteiger partial charge in [-0.2, -0.15) is 5.10 Å². The molecule has 1 spiro atoms. The Morgan fingerprint density at radius 1 is 1.19 bits per heavy atom. The molecule has 0 bridgehead atoms. The number of ether oxygens (including phenoxy) is 1. The first-order valence-corrected chi connectivity index (χ1v) is 11.9. The van der Waals surface area contributed by atoms with Crippen molar-refractivity contribution in [3.8, 4) is 0 Å². The molecular weight excluding hydrogens is 407 g/mol. The Kier molecular flexibility index (Phi) is 5.80. The average molecular weight is 441 g/mol. The number of amides is 1. The Morgan fingerprint density at radius 3 is 2.53 bits per heavy atom. The summed E-state index contributed by atoms with van der Waals surface area (Å²) in [4.78, 5) is 17.6. The van der Waals surface area contributed by atoms with Crippen LogP contribution in [0.3, 0.4) is 0 Å². The summed E-state index contributed by atoms with van der Waals surface area (Å²) in [5.74, 6) is -0.120. The van der Waals surface area contributed by atoms with E-state index in [4.69, 9.17) is 4.74 Å². The van der Waals surface area contributed by atoms with Gasteiger partial charge in [0, 0.05) is 45.4 Å². The van der Waals surface area contributed by atoms with E-state index >= 15 is 0 Å². The van der Waals surface area contributed by atoms with Crippen LogP contribution in [0.15, 0.2) is 30.3 Å². The molecule has 1 aliphatic carbocycles. The summed E-state index contributed by atoms with van der Waals surface area (Å²) < 4.78 is 21.4. The van der Waals surface area contributed by atoms with Crippen LogP contribution >= 0.6 is 0 Å². The molecule has 2 aromatic rings. The summed E-state index contributed by atoms with van der Waals surface area (Å²) in [5.41, 5.74) is 2.55. The molecule has 1 amide bonds. The summed E-state index contributed by atoms with van der Waals surface area (Å²) in [6.07, 6.45) is 6.30. The zero-order chi connectivity index (χ0) is 22.3. The van der Waals surface area contributed by atoms with E-state index in [0.717, 1.165) is 57.6 Å². The number of carbonyl (C=O) groups is 1. The Bertz CT molecular complexity index is 961. The fourth-order valence-electron chi connectivity index (χ4n) is 5.49. The van der Waals surface area contributed by atoms with Gasteiger partial charge in [-0.05, 0) is 69.2 Å². The Labute approximate surface area is 189 Å². The van der Waals surface area contributed by atoms with Crippen molar-refractivity contribution in [2.24, 2.45) is 7.05 Å². The van der Waals surface area contributed by atoms with Crippen LogP contribution in [0.5, 0.6) is 0 Å². The van der Waals surface area contributed by atoms with Crippen LogP contribution in [-0.4, -0.2) is 62.9 Å². The molecule has 3 heterocycles. The zero-order valence-corrected chi connectivity index (χ0v) is 19.1. The van der Waals surface area contributed by atoms with Crippen molar-refractivity contribution in [1.82, 2.24) is 19.6 Å². The van der Waals surface area contributed by atoms with Gasteiger partial charge in [-0.25, -0.2) is 4.39 Å². The van der Waals surface area contributed by atoms with Gasteiger partial charge in [0.25, 0.3) is 5.91 Å². The molecule has 1 saturated carbocycles. The van der Waals surface area contributed by atoms with E-state index in [0.29, 0.717) is 17.8 Å². The largest absolute Gasteiger partial charge is 0.375 e. The fraction of sp³-hybridized carbons (Fsp3) is 0.600. The van der Waals surface area contributed by atoms with Crippen LogP contribution in [0.4, 0.5) is 4.39 Å². The molecule has 3 fully saturated rings. The van der Waals surface area contributed by atoms with Gasteiger partial charge in [0.2, 0.25) is 0 Å². The molecular formula is C25H33FN4O2. The Hall–Kier alpha value is -2.25. The maximum atomic E-state index is 13.3. The molecule has 7 heteroatoms. The quantitative estimate of drug-likeness (QED) is 0.712. The standard InChI is InChI=1S/C25H33FN4O2/c1-18-15-23(28(2)27-18)24(31)29-12-10-25(11-13-29)16-22(9-14-32-25)30(21-7-8-21)17-19-3-5-20(26)6-4-19/h3-6,15,21-22H,7-14,16-17H2,1-2H3. The molecule has 172 valence electrons. The van der Waals surface area contributed by atoms with Gasteiger partial charge in [-0.3, -0.25) is 14.4 Å². The van der Waals surface area contributed by atoms with Crippen molar-refractivity contribution < 1.29 is 13.9 Å². The number of halogens is 1.